The highest BCUT2D eigenvalue weighted by molar-refractivity contribution is 5.04. The highest BCUT2D eigenvalue weighted by Gasteiger charge is 2.26. The van der Waals surface area contributed by atoms with Crippen molar-refractivity contribution in [2.24, 2.45) is 5.73 Å². The van der Waals surface area contributed by atoms with Gasteiger partial charge in [-0.25, -0.2) is 9.97 Å². The van der Waals surface area contributed by atoms with E-state index in [0.717, 1.165) is 0 Å². The predicted octanol–water partition coefficient (Wildman–Crippen LogP) is 1.43. The molecule has 0 aromatic carbocycles. The SMILES string of the molecule is NCc1cnc(CCC(F)(F)F)nc1. The van der Waals surface area contributed by atoms with Crippen molar-refractivity contribution in [1.29, 1.82) is 0 Å². The number of halogens is 3. The molecule has 0 bridgehead atoms. The van der Waals surface area contributed by atoms with E-state index < -0.39 is 12.6 Å². The van der Waals surface area contributed by atoms with Gasteiger partial charge in [-0.1, -0.05) is 0 Å². The van der Waals surface area contributed by atoms with Crippen LogP contribution in [0.4, 0.5) is 13.2 Å². The lowest BCUT2D eigenvalue weighted by Gasteiger charge is -2.04. The van der Waals surface area contributed by atoms with Gasteiger partial charge in [0.05, 0.1) is 6.42 Å². The summed E-state index contributed by atoms with van der Waals surface area (Å²) in [6.45, 7) is 0.291. The monoisotopic (exact) mass is 205 g/mol. The van der Waals surface area contributed by atoms with E-state index in [-0.39, 0.29) is 12.2 Å². The molecule has 6 heteroatoms. The van der Waals surface area contributed by atoms with E-state index >= 15 is 0 Å². The second kappa shape index (κ2) is 4.36. The first-order valence-electron chi connectivity index (χ1n) is 4.08. The molecule has 0 atom stereocenters. The van der Waals surface area contributed by atoms with Crippen LogP contribution in [0.5, 0.6) is 0 Å². The third-order valence-corrected chi connectivity index (χ3v) is 1.63. The van der Waals surface area contributed by atoms with E-state index in [4.69, 9.17) is 5.73 Å². The van der Waals surface area contributed by atoms with Crippen LogP contribution >= 0.6 is 0 Å². The topological polar surface area (TPSA) is 51.8 Å². The van der Waals surface area contributed by atoms with Crippen molar-refractivity contribution in [2.45, 2.75) is 25.6 Å². The highest BCUT2D eigenvalue weighted by atomic mass is 19.4. The molecule has 0 unspecified atom stereocenters. The van der Waals surface area contributed by atoms with Crippen molar-refractivity contribution in [2.75, 3.05) is 0 Å². The quantitative estimate of drug-likeness (QED) is 0.812. The van der Waals surface area contributed by atoms with Crippen LogP contribution < -0.4 is 5.73 Å². The summed E-state index contributed by atoms with van der Waals surface area (Å²) in [6.07, 6.45) is -2.35. The largest absolute Gasteiger partial charge is 0.389 e. The molecule has 0 amide bonds. The van der Waals surface area contributed by atoms with Gasteiger partial charge in [-0.2, -0.15) is 13.2 Å². The van der Waals surface area contributed by atoms with Crippen molar-refractivity contribution in [3.8, 4) is 0 Å². The first kappa shape index (κ1) is 10.9. The summed E-state index contributed by atoms with van der Waals surface area (Å²) in [6, 6.07) is 0. The number of aryl methyl sites for hydroxylation is 1. The molecule has 0 spiro atoms. The molecule has 78 valence electrons. The molecule has 2 N–H and O–H groups in total. The van der Waals surface area contributed by atoms with E-state index in [9.17, 15) is 13.2 Å². The molecule has 14 heavy (non-hydrogen) atoms. The standard InChI is InChI=1S/C8H10F3N3/c9-8(10,11)2-1-7-13-4-6(3-12)5-14-7/h4-5H,1-3,12H2. The molecule has 0 saturated carbocycles. The number of nitrogens with two attached hydrogens (primary N) is 1. The number of nitrogens with zero attached hydrogens (tertiary/aromatic N) is 2. The fourth-order valence-corrected chi connectivity index (χ4v) is 0.870. The van der Waals surface area contributed by atoms with Gasteiger partial charge in [-0.3, -0.25) is 0 Å². The predicted molar refractivity (Wildman–Crippen MR) is 44.3 cm³/mol. The Bertz CT molecular complexity index is 281. The summed E-state index contributed by atoms with van der Waals surface area (Å²) in [5.74, 6) is 0.194. The fourth-order valence-electron chi connectivity index (χ4n) is 0.870. The molecule has 1 heterocycles. The van der Waals surface area contributed by atoms with Crippen molar-refractivity contribution in [3.05, 3.63) is 23.8 Å². The van der Waals surface area contributed by atoms with Crippen LogP contribution in [0.15, 0.2) is 12.4 Å². The van der Waals surface area contributed by atoms with Gasteiger partial charge in [0.25, 0.3) is 0 Å². The third-order valence-electron chi connectivity index (χ3n) is 1.63. The zero-order valence-electron chi connectivity index (χ0n) is 7.38. The van der Waals surface area contributed by atoms with Crippen LogP contribution in [-0.4, -0.2) is 16.1 Å². The third kappa shape index (κ3) is 3.69. The van der Waals surface area contributed by atoms with E-state index in [2.05, 4.69) is 9.97 Å². The van der Waals surface area contributed by atoms with Crippen LogP contribution in [0.3, 0.4) is 0 Å². The lowest BCUT2D eigenvalue weighted by atomic mass is 10.3. The normalized spacial score (nSPS) is 11.7. The Morgan fingerprint density at radius 1 is 1.21 bits per heavy atom. The van der Waals surface area contributed by atoms with Crippen LogP contribution in [-0.2, 0) is 13.0 Å². The second-order valence-electron chi connectivity index (χ2n) is 2.83. The first-order chi connectivity index (χ1) is 6.51. The molecule has 3 nitrogen and oxygen atoms in total. The Morgan fingerprint density at radius 2 is 1.79 bits per heavy atom. The minimum atomic E-state index is -4.16. The summed E-state index contributed by atoms with van der Waals surface area (Å²) in [5.41, 5.74) is 5.99. The number of hydrogen-bond acceptors (Lipinski definition) is 3. The fraction of sp³-hybridized carbons (Fsp3) is 0.500. The zero-order valence-corrected chi connectivity index (χ0v) is 7.38. The van der Waals surface area contributed by atoms with E-state index in [1.165, 1.54) is 12.4 Å². The average molecular weight is 205 g/mol. The Kier molecular flexibility index (Phi) is 3.40. The molecule has 0 radical (unpaired) electrons. The lowest BCUT2D eigenvalue weighted by molar-refractivity contribution is -0.134. The Hall–Kier alpha value is -1.17. The van der Waals surface area contributed by atoms with Crippen LogP contribution in [0.25, 0.3) is 0 Å². The smallest absolute Gasteiger partial charge is 0.326 e. The van der Waals surface area contributed by atoms with Crippen molar-refractivity contribution in [3.63, 3.8) is 0 Å². The number of alkyl halides is 3. The highest BCUT2D eigenvalue weighted by Crippen LogP contribution is 2.20. The van der Waals surface area contributed by atoms with Crippen LogP contribution in [0, 0.1) is 0 Å². The van der Waals surface area contributed by atoms with Gasteiger partial charge < -0.3 is 5.73 Å². The zero-order chi connectivity index (χ0) is 10.6. The number of hydrogen-bond donors (Lipinski definition) is 1. The van der Waals surface area contributed by atoms with Gasteiger partial charge in [0.2, 0.25) is 0 Å². The molecule has 1 aromatic heterocycles. The van der Waals surface area contributed by atoms with E-state index in [1.807, 2.05) is 0 Å². The van der Waals surface area contributed by atoms with Crippen molar-refractivity contribution >= 4 is 0 Å². The van der Waals surface area contributed by atoms with Gasteiger partial charge in [-0.05, 0) is 0 Å². The molecule has 0 aliphatic carbocycles. The summed E-state index contributed by atoms with van der Waals surface area (Å²) < 4.78 is 35.4. The van der Waals surface area contributed by atoms with E-state index in [1.54, 1.807) is 0 Å². The maximum Gasteiger partial charge on any atom is 0.389 e. The summed E-state index contributed by atoms with van der Waals surface area (Å²) in [7, 11) is 0. The van der Waals surface area contributed by atoms with Crippen molar-refractivity contribution < 1.29 is 13.2 Å². The molecule has 0 aliphatic rings. The molecule has 0 aliphatic heterocycles. The molecular formula is C8H10F3N3. The summed E-state index contributed by atoms with van der Waals surface area (Å²) in [4.78, 5) is 7.52. The van der Waals surface area contributed by atoms with Gasteiger partial charge >= 0.3 is 6.18 Å². The van der Waals surface area contributed by atoms with E-state index in [0.29, 0.717) is 12.1 Å². The first-order valence-corrected chi connectivity index (χ1v) is 4.08. The van der Waals surface area contributed by atoms with Crippen LogP contribution in [0.2, 0.25) is 0 Å². The van der Waals surface area contributed by atoms with Crippen LogP contribution in [0.1, 0.15) is 17.8 Å². The molecule has 1 rings (SSSR count). The molecular weight excluding hydrogens is 195 g/mol. The summed E-state index contributed by atoms with van der Waals surface area (Å²) >= 11 is 0. The maximum absolute atomic E-state index is 11.8. The van der Waals surface area contributed by atoms with Gasteiger partial charge in [0, 0.05) is 30.9 Å². The van der Waals surface area contributed by atoms with Gasteiger partial charge in [-0.15, -0.1) is 0 Å². The number of rotatable bonds is 3. The maximum atomic E-state index is 11.8. The number of aromatic nitrogens is 2. The lowest BCUT2D eigenvalue weighted by Crippen LogP contribution is -2.10. The van der Waals surface area contributed by atoms with Crippen molar-refractivity contribution in [1.82, 2.24) is 9.97 Å². The van der Waals surface area contributed by atoms with Gasteiger partial charge in [0.15, 0.2) is 0 Å². The Labute approximate surface area is 79.2 Å². The average Bonchev–Trinajstić information content (AvgIpc) is 2.14. The second-order valence-corrected chi connectivity index (χ2v) is 2.83. The minimum absolute atomic E-state index is 0.186. The Balaban J connectivity index is 2.52. The minimum Gasteiger partial charge on any atom is -0.326 e. The molecule has 1 aromatic rings. The molecule has 0 saturated heterocycles. The Morgan fingerprint density at radius 3 is 2.21 bits per heavy atom. The summed E-state index contributed by atoms with van der Waals surface area (Å²) in [5, 5.41) is 0. The van der Waals surface area contributed by atoms with Gasteiger partial charge in [0.1, 0.15) is 5.82 Å². The molecule has 0 fully saturated rings.